The Morgan fingerprint density at radius 3 is 3.00 bits per heavy atom. The van der Waals surface area contributed by atoms with Crippen LogP contribution < -0.4 is 10.6 Å². The normalized spacial score (nSPS) is 26.2. The van der Waals surface area contributed by atoms with Gasteiger partial charge in [-0.05, 0) is 49.9 Å². The molecule has 1 aromatic carbocycles. The summed E-state index contributed by atoms with van der Waals surface area (Å²) in [4.78, 5) is 14.4. The van der Waals surface area contributed by atoms with Crippen molar-refractivity contribution in [1.82, 2.24) is 10.2 Å². The summed E-state index contributed by atoms with van der Waals surface area (Å²) in [5.74, 6) is 0.0994. The molecule has 0 saturated carbocycles. The summed E-state index contributed by atoms with van der Waals surface area (Å²) in [5.41, 5.74) is 2.47. The van der Waals surface area contributed by atoms with Gasteiger partial charge in [-0.3, -0.25) is 9.69 Å². The number of rotatable bonds is 3. The summed E-state index contributed by atoms with van der Waals surface area (Å²) in [7, 11) is 0. The number of aryl methyl sites for hydroxylation is 1. The summed E-state index contributed by atoms with van der Waals surface area (Å²) in [6, 6.07) is 7.92. The molecule has 1 spiro atoms. The van der Waals surface area contributed by atoms with Gasteiger partial charge in [-0.25, -0.2) is 0 Å². The highest BCUT2D eigenvalue weighted by atomic mass is 16.2. The van der Waals surface area contributed by atoms with Gasteiger partial charge < -0.3 is 10.6 Å². The van der Waals surface area contributed by atoms with E-state index in [0.29, 0.717) is 12.0 Å². The predicted molar refractivity (Wildman–Crippen MR) is 80.8 cm³/mol. The van der Waals surface area contributed by atoms with Crippen LogP contribution in [-0.2, 0) is 4.79 Å². The van der Waals surface area contributed by atoms with Crippen LogP contribution in [0.15, 0.2) is 24.3 Å². The number of carbonyl (C=O) groups is 1. The third-order valence-electron chi connectivity index (χ3n) is 4.64. The summed E-state index contributed by atoms with van der Waals surface area (Å²) in [6.07, 6.45) is 2.47. The van der Waals surface area contributed by atoms with E-state index >= 15 is 0 Å². The molecule has 1 atom stereocenters. The highest BCUT2D eigenvalue weighted by molar-refractivity contribution is 5.92. The number of hydrogen-bond donors (Lipinski definition) is 2. The molecule has 4 heteroatoms. The Hall–Kier alpha value is -1.39. The number of anilines is 1. The van der Waals surface area contributed by atoms with E-state index < -0.39 is 0 Å². The van der Waals surface area contributed by atoms with E-state index in [4.69, 9.17) is 0 Å². The topological polar surface area (TPSA) is 44.4 Å². The van der Waals surface area contributed by atoms with Gasteiger partial charge in [0.2, 0.25) is 5.91 Å². The van der Waals surface area contributed by atoms with Crippen molar-refractivity contribution in [3.63, 3.8) is 0 Å². The molecule has 1 amide bonds. The lowest BCUT2D eigenvalue weighted by atomic mass is 9.87. The molecule has 0 bridgehead atoms. The molecule has 2 aliphatic heterocycles. The van der Waals surface area contributed by atoms with E-state index in [1.807, 2.05) is 31.2 Å². The van der Waals surface area contributed by atoms with E-state index in [1.165, 1.54) is 12.8 Å². The van der Waals surface area contributed by atoms with Crippen molar-refractivity contribution < 1.29 is 4.79 Å². The number of hydrogen-bond acceptors (Lipinski definition) is 3. The summed E-state index contributed by atoms with van der Waals surface area (Å²) >= 11 is 0. The Kier molecular flexibility index (Phi) is 3.76. The lowest BCUT2D eigenvalue weighted by molar-refractivity contribution is -0.117. The van der Waals surface area contributed by atoms with E-state index in [9.17, 15) is 4.79 Å². The summed E-state index contributed by atoms with van der Waals surface area (Å²) in [5, 5.41) is 6.47. The number of likely N-dealkylation sites (tertiary alicyclic amines) is 1. The number of amides is 1. The van der Waals surface area contributed by atoms with E-state index in [-0.39, 0.29) is 5.91 Å². The predicted octanol–water partition coefficient (Wildman–Crippen LogP) is 1.62. The first-order chi connectivity index (χ1) is 9.67. The lowest BCUT2D eigenvalue weighted by Gasteiger charge is -2.22. The molecule has 2 aliphatic rings. The highest BCUT2D eigenvalue weighted by Crippen LogP contribution is 2.35. The summed E-state index contributed by atoms with van der Waals surface area (Å²) in [6.45, 7) is 6.87. The Morgan fingerprint density at radius 2 is 2.25 bits per heavy atom. The zero-order chi connectivity index (χ0) is 14.0. The molecule has 0 aromatic heterocycles. The summed E-state index contributed by atoms with van der Waals surface area (Å²) < 4.78 is 0. The number of nitrogens with one attached hydrogen (secondary N) is 2. The van der Waals surface area contributed by atoms with Crippen molar-refractivity contribution >= 4 is 11.6 Å². The largest absolute Gasteiger partial charge is 0.325 e. The Morgan fingerprint density at radius 1 is 1.40 bits per heavy atom. The molecule has 2 saturated heterocycles. The van der Waals surface area contributed by atoms with E-state index in [0.717, 1.165) is 37.4 Å². The maximum absolute atomic E-state index is 12.2. The molecule has 2 heterocycles. The third-order valence-corrected chi connectivity index (χ3v) is 4.64. The second-order valence-electron chi connectivity index (χ2n) is 6.25. The zero-order valence-electron chi connectivity index (χ0n) is 12.1. The molecule has 108 valence electrons. The van der Waals surface area contributed by atoms with Crippen LogP contribution in [0.2, 0.25) is 0 Å². The smallest absolute Gasteiger partial charge is 0.238 e. The SMILES string of the molecule is Cc1ccccc1NC(=O)CN1CCC2(CCNC2)C1. The first-order valence-electron chi connectivity index (χ1n) is 7.46. The van der Waals surface area contributed by atoms with Crippen LogP contribution in [0.25, 0.3) is 0 Å². The zero-order valence-corrected chi connectivity index (χ0v) is 12.1. The number of nitrogens with zero attached hydrogens (tertiary/aromatic N) is 1. The fourth-order valence-corrected chi connectivity index (χ4v) is 3.41. The van der Waals surface area contributed by atoms with Crippen molar-refractivity contribution in [3.8, 4) is 0 Å². The molecule has 2 fully saturated rings. The average Bonchev–Trinajstić information content (AvgIpc) is 3.03. The Labute approximate surface area is 120 Å². The van der Waals surface area contributed by atoms with E-state index in [1.54, 1.807) is 0 Å². The van der Waals surface area contributed by atoms with Gasteiger partial charge in [-0.2, -0.15) is 0 Å². The second kappa shape index (κ2) is 5.54. The molecule has 0 radical (unpaired) electrons. The van der Waals surface area contributed by atoms with Gasteiger partial charge in [0.15, 0.2) is 0 Å². The maximum Gasteiger partial charge on any atom is 0.238 e. The fourth-order valence-electron chi connectivity index (χ4n) is 3.41. The average molecular weight is 273 g/mol. The standard InChI is InChI=1S/C16H23N3O/c1-13-4-2-3-5-14(13)18-15(20)10-19-9-7-16(12-19)6-8-17-11-16/h2-5,17H,6-12H2,1H3,(H,18,20). The Bertz CT molecular complexity index is 494. The first-order valence-corrected chi connectivity index (χ1v) is 7.46. The molecular formula is C16H23N3O. The number of benzene rings is 1. The van der Waals surface area contributed by atoms with Crippen molar-refractivity contribution in [1.29, 1.82) is 0 Å². The van der Waals surface area contributed by atoms with Crippen LogP contribution >= 0.6 is 0 Å². The quantitative estimate of drug-likeness (QED) is 0.879. The molecule has 0 aliphatic carbocycles. The van der Waals surface area contributed by atoms with Crippen molar-refractivity contribution in [2.24, 2.45) is 5.41 Å². The van der Waals surface area contributed by atoms with Crippen LogP contribution in [-0.4, -0.2) is 43.5 Å². The maximum atomic E-state index is 12.2. The Balaban J connectivity index is 1.54. The van der Waals surface area contributed by atoms with Crippen LogP contribution in [0.3, 0.4) is 0 Å². The molecular weight excluding hydrogens is 250 g/mol. The van der Waals surface area contributed by atoms with Crippen LogP contribution in [0.4, 0.5) is 5.69 Å². The molecule has 1 unspecified atom stereocenters. The molecule has 4 nitrogen and oxygen atoms in total. The monoisotopic (exact) mass is 273 g/mol. The molecule has 1 aromatic rings. The first kappa shape index (κ1) is 13.6. The highest BCUT2D eigenvalue weighted by Gasteiger charge is 2.40. The van der Waals surface area contributed by atoms with E-state index in [2.05, 4.69) is 15.5 Å². The van der Waals surface area contributed by atoms with Crippen LogP contribution in [0.1, 0.15) is 18.4 Å². The number of para-hydroxylation sites is 1. The van der Waals surface area contributed by atoms with Crippen molar-refractivity contribution in [2.75, 3.05) is 38.0 Å². The third kappa shape index (κ3) is 2.86. The van der Waals surface area contributed by atoms with Crippen molar-refractivity contribution in [2.45, 2.75) is 19.8 Å². The minimum Gasteiger partial charge on any atom is -0.325 e. The molecule has 3 rings (SSSR count). The molecule has 20 heavy (non-hydrogen) atoms. The van der Waals surface area contributed by atoms with Crippen LogP contribution in [0.5, 0.6) is 0 Å². The van der Waals surface area contributed by atoms with Gasteiger partial charge >= 0.3 is 0 Å². The van der Waals surface area contributed by atoms with Gasteiger partial charge in [-0.15, -0.1) is 0 Å². The van der Waals surface area contributed by atoms with Gasteiger partial charge in [0.05, 0.1) is 6.54 Å². The lowest BCUT2D eigenvalue weighted by Crippen LogP contribution is -2.34. The van der Waals surface area contributed by atoms with Crippen molar-refractivity contribution in [3.05, 3.63) is 29.8 Å². The van der Waals surface area contributed by atoms with Gasteiger partial charge in [0.25, 0.3) is 0 Å². The van der Waals surface area contributed by atoms with Gasteiger partial charge in [0.1, 0.15) is 0 Å². The van der Waals surface area contributed by atoms with Gasteiger partial charge in [0, 0.05) is 18.8 Å². The molecule has 2 N–H and O–H groups in total. The fraction of sp³-hybridized carbons (Fsp3) is 0.562. The minimum absolute atomic E-state index is 0.0994. The second-order valence-corrected chi connectivity index (χ2v) is 6.25. The van der Waals surface area contributed by atoms with Crippen LogP contribution in [0, 0.1) is 12.3 Å². The van der Waals surface area contributed by atoms with Gasteiger partial charge in [-0.1, -0.05) is 18.2 Å². The number of carbonyl (C=O) groups excluding carboxylic acids is 1. The minimum atomic E-state index is 0.0994.